The summed E-state index contributed by atoms with van der Waals surface area (Å²) in [5.41, 5.74) is 0.828. The van der Waals surface area contributed by atoms with E-state index in [0.717, 1.165) is 64.5 Å². The van der Waals surface area contributed by atoms with Crippen molar-refractivity contribution < 1.29 is 5.11 Å². The van der Waals surface area contributed by atoms with E-state index in [9.17, 15) is 5.11 Å². The molecule has 1 aromatic rings. The lowest BCUT2D eigenvalue weighted by Crippen LogP contribution is -2.52. The smallest absolute Gasteiger partial charge is 0.194 e. The molecule has 0 bridgehead atoms. The highest BCUT2D eigenvalue weighted by molar-refractivity contribution is 5.80. The average molecular weight is 330 g/mol. The molecule has 2 aliphatic rings. The summed E-state index contributed by atoms with van der Waals surface area (Å²) in [5, 5.41) is 13.7. The average Bonchev–Trinajstić information content (AvgIpc) is 2.59. The highest BCUT2D eigenvalue weighted by Gasteiger charge is 2.34. The lowest BCUT2D eigenvalue weighted by atomic mass is 9.80. The number of nitrogens with one attached hydrogen (secondary N) is 1. The molecule has 1 heterocycles. The van der Waals surface area contributed by atoms with Gasteiger partial charge in [0.1, 0.15) is 0 Å². The Labute approximate surface area is 145 Å². The van der Waals surface area contributed by atoms with Gasteiger partial charge in [-0.2, -0.15) is 0 Å². The Morgan fingerprint density at radius 3 is 2.46 bits per heavy atom. The number of guanidine groups is 1. The molecule has 2 fully saturated rings. The molecule has 1 aromatic carbocycles. The largest absolute Gasteiger partial charge is 0.388 e. The first-order valence-electron chi connectivity index (χ1n) is 9.20. The highest BCUT2D eigenvalue weighted by Crippen LogP contribution is 2.31. The summed E-state index contributed by atoms with van der Waals surface area (Å²) in [6.45, 7) is 8.56. The Morgan fingerprint density at radius 1 is 1.17 bits per heavy atom. The van der Waals surface area contributed by atoms with Crippen LogP contribution >= 0.6 is 0 Å². The van der Waals surface area contributed by atoms with Crippen LogP contribution in [0.5, 0.6) is 0 Å². The van der Waals surface area contributed by atoms with Crippen LogP contribution in [0.4, 0.5) is 0 Å². The van der Waals surface area contributed by atoms with Crippen molar-refractivity contribution in [3.05, 3.63) is 35.9 Å². The minimum Gasteiger partial charge on any atom is -0.388 e. The van der Waals surface area contributed by atoms with Gasteiger partial charge in [0.05, 0.1) is 12.1 Å². The number of nitrogens with zero attached hydrogens (tertiary/aromatic N) is 3. The zero-order valence-electron chi connectivity index (χ0n) is 14.7. The van der Waals surface area contributed by atoms with Crippen molar-refractivity contribution in [3.63, 3.8) is 0 Å². The molecular weight excluding hydrogens is 300 g/mol. The van der Waals surface area contributed by atoms with Gasteiger partial charge in [-0.25, -0.2) is 0 Å². The van der Waals surface area contributed by atoms with E-state index in [1.807, 2.05) is 0 Å². The zero-order valence-corrected chi connectivity index (χ0v) is 14.7. The van der Waals surface area contributed by atoms with Crippen LogP contribution in [0.3, 0.4) is 0 Å². The molecule has 0 radical (unpaired) electrons. The second kappa shape index (κ2) is 7.99. The number of benzene rings is 1. The topological polar surface area (TPSA) is 51.1 Å². The molecule has 0 unspecified atom stereocenters. The summed E-state index contributed by atoms with van der Waals surface area (Å²) in [5.74, 6) is 0.956. The highest BCUT2D eigenvalue weighted by atomic mass is 16.3. The summed E-state index contributed by atoms with van der Waals surface area (Å²) in [6, 6.07) is 10.7. The van der Waals surface area contributed by atoms with Gasteiger partial charge in [-0.1, -0.05) is 30.3 Å². The van der Waals surface area contributed by atoms with Gasteiger partial charge in [0.15, 0.2) is 5.96 Å². The quantitative estimate of drug-likeness (QED) is 0.637. The molecule has 24 heavy (non-hydrogen) atoms. The Bertz CT molecular complexity index is 534. The number of aliphatic hydroxyl groups is 1. The Morgan fingerprint density at radius 2 is 1.88 bits per heavy atom. The lowest BCUT2D eigenvalue weighted by Gasteiger charge is -2.38. The normalized spacial score (nSPS) is 21.4. The van der Waals surface area contributed by atoms with Crippen molar-refractivity contribution in [1.29, 1.82) is 0 Å². The molecule has 132 valence electrons. The predicted octanol–water partition coefficient (Wildman–Crippen LogP) is 1.68. The molecule has 1 aliphatic carbocycles. The zero-order chi connectivity index (χ0) is 16.8. The van der Waals surface area contributed by atoms with E-state index in [1.54, 1.807) is 0 Å². The summed E-state index contributed by atoms with van der Waals surface area (Å²) in [4.78, 5) is 9.52. The fourth-order valence-corrected chi connectivity index (χ4v) is 3.35. The predicted molar refractivity (Wildman–Crippen MR) is 98.1 cm³/mol. The number of hydrogen-bond acceptors (Lipinski definition) is 3. The third-order valence-electron chi connectivity index (χ3n) is 5.06. The third kappa shape index (κ3) is 4.48. The van der Waals surface area contributed by atoms with Crippen LogP contribution < -0.4 is 5.32 Å². The van der Waals surface area contributed by atoms with Crippen LogP contribution in [0.2, 0.25) is 0 Å². The molecular formula is C19H30N4O. The van der Waals surface area contributed by atoms with Gasteiger partial charge in [0.25, 0.3) is 0 Å². The van der Waals surface area contributed by atoms with Crippen molar-refractivity contribution in [2.24, 2.45) is 4.99 Å². The van der Waals surface area contributed by atoms with E-state index < -0.39 is 5.60 Å². The number of piperazine rings is 1. The van der Waals surface area contributed by atoms with E-state index in [-0.39, 0.29) is 0 Å². The minimum absolute atomic E-state index is 0.527. The van der Waals surface area contributed by atoms with E-state index >= 15 is 0 Å². The standard InChI is InChI=1S/C19H30N4O/c1-2-20-18(21-16-19(24)9-6-10-19)23-13-11-22(12-14-23)15-17-7-4-3-5-8-17/h3-5,7-8,24H,2,6,9-16H2,1H3,(H,20,21). The molecule has 2 N–H and O–H groups in total. The van der Waals surface area contributed by atoms with E-state index in [0.29, 0.717) is 6.54 Å². The molecule has 3 rings (SSSR count). The van der Waals surface area contributed by atoms with E-state index in [1.165, 1.54) is 5.56 Å². The van der Waals surface area contributed by atoms with Crippen molar-refractivity contribution in [3.8, 4) is 0 Å². The van der Waals surface area contributed by atoms with Crippen molar-refractivity contribution in [2.45, 2.75) is 38.3 Å². The SMILES string of the molecule is CCNC(=NCC1(O)CCC1)N1CCN(Cc2ccccc2)CC1. The minimum atomic E-state index is -0.546. The van der Waals surface area contributed by atoms with Gasteiger partial charge in [0, 0.05) is 39.3 Å². The fourth-order valence-electron chi connectivity index (χ4n) is 3.35. The monoisotopic (exact) mass is 330 g/mol. The molecule has 0 spiro atoms. The summed E-state index contributed by atoms with van der Waals surface area (Å²) < 4.78 is 0. The molecule has 1 saturated carbocycles. The lowest BCUT2D eigenvalue weighted by molar-refractivity contribution is -0.0238. The first-order chi connectivity index (χ1) is 11.7. The number of aliphatic imine (C=N–C) groups is 1. The van der Waals surface area contributed by atoms with Gasteiger partial charge in [-0.3, -0.25) is 9.89 Å². The van der Waals surface area contributed by atoms with E-state index in [2.05, 4.69) is 52.4 Å². The van der Waals surface area contributed by atoms with Gasteiger partial charge in [-0.15, -0.1) is 0 Å². The number of hydrogen-bond donors (Lipinski definition) is 2. The van der Waals surface area contributed by atoms with Crippen molar-refractivity contribution in [2.75, 3.05) is 39.3 Å². The second-order valence-corrected chi connectivity index (χ2v) is 7.00. The van der Waals surface area contributed by atoms with Gasteiger partial charge in [0.2, 0.25) is 0 Å². The maximum atomic E-state index is 10.3. The molecule has 1 aliphatic heterocycles. The maximum Gasteiger partial charge on any atom is 0.194 e. The van der Waals surface area contributed by atoms with E-state index in [4.69, 9.17) is 4.99 Å². The molecule has 0 amide bonds. The molecule has 0 atom stereocenters. The summed E-state index contributed by atoms with van der Waals surface area (Å²) >= 11 is 0. The first kappa shape index (κ1) is 17.2. The maximum absolute atomic E-state index is 10.3. The van der Waals surface area contributed by atoms with Crippen LogP contribution in [0.25, 0.3) is 0 Å². The van der Waals surface area contributed by atoms with Gasteiger partial charge in [-0.05, 0) is 31.7 Å². The van der Waals surface area contributed by atoms with Crippen LogP contribution in [0.1, 0.15) is 31.7 Å². The van der Waals surface area contributed by atoms with Crippen LogP contribution in [-0.2, 0) is 6.54 Å². The molecule has 1 saturated heterocycles. The third-order valence-corrected chi connectivity index (χ3v) is 5.06. The molecule has 5 nitrogen and oxygen atoms in total. The first-order valence-corrected chi connectivity index (χ1v) is 9.20. The van der Waals surface area contributed by atoms with Crippen molar-refractivity contribution in [1.82, 2.24) is 15.1 Å². The molecule has 5 heteroatoms. The van der Waals surface area contributed by atoms with Crippen molar-refractivity contribution >= 4 is 5.96 Å². The summed E-state index contributed by atoms with van der Waals surface area (Å²) in [7, 11) is 0. The Hall–Kier alpha value is -1.59. The Balaban J connectivity index is 1.52. The van der Waals surface area contributed by atoms with Crippen LogP contribution in [0.15, 0.2) is 35.3 Å². The second-order valence-electron chi connectivity index (χ2n) is 7.00. The van der Waals surface area contributed by atoms with Crippen LogP contribution in [-0.4, -0.2) is 65.7 Å². The number of rotatable bonds is 5. The Kier molecular flexibility index (Phi) is 5.74. The van der Waals surface area contributed by atoms with Crippen LogP contribution in [0, 0.1) is 0 Å². The fraction of sp³-hybridized carbons (Fsp3) is 0.632. The molecule has 0 aromatic heterocycles. The van der Waals surface area contributed by atoms with Gasteiger partial charge >= 0.3 is 0 Å². The van der Waals surface area contributed by atoms with Gasteiger partial charge < -0.3 is 15.3 Å². The summed E-state index contributed by atoms with van der Waals surface area (Å²) in [6.07, 6.45) is 2.90.